The van der Waals surface area contributed by atoms with Gasteiger partial charge in [-0.05, 0) is 60.7 Å². The Hall–Kier alpha value is -3.84. The Morgan fingerprint density at radius 2 is 1.67 bits per heavy atom. The van der Waals surface area contributed by atoms with Crippen LogP contribution in [-0.2, 0) is 9.59 Å². The molecular formula is C25H22ClN3O4. The van der Waals surface area contributed by atoms with E-state index in [1.807, 2.05) is 0 Å². The van der Waals surface area contributed by atoms with Gasteiger partial charge in [0.2, 0.25) is 11.8 Å². The minimum absolute atomic E-state index is 0.0919. The Kier molecular flexibility index (Phi) is 6.60. The highest BCUT2D eigenvalue weighted by Crippen LogP contribution is 2.28. The number of nitrogens with zero attached hydrogens (tertiary/aromatic N) is 1. The first-order valence-electron chi connectivity index (χ1n) is 10.4. The summed E-state index contributed by atoms with van der Waals surface area (Å²) < 4.78 is 5.13. The summed E-state index contributed by atoms with van der Waals surface area (Å²) in [6.45, 7) is 0.256. The fourth-order valence-corrected chi connectivity index (χ4v) is 3.78. The van der Waals surface area contributed by atoms with Gasteiger partial charge in [0.15, 0.2) is 0 Å². The summed E-state index contributed by atoms with van der Waals surface area (Å²) in [6, 6.07) is 20.6. The zero-order chi connectivity index (χ0) is 23.4. The Morgan fingerprint density at radius 1 is 0.970 bits per heavy atom. The smallest absolute Gasteiger partial charge is 0.257 e. The van der Waals surface area contributed by atoms with Crippen LogP contribution in [0.4, 0.5) is 17.1 Å². The molecule has 168 valence electrons. The number of para-hydroxylation sites is 1. The number of methoxy groups -OCH3 is 1. The van der Waals surface area contributed by atoms with Crippen molar-refractivity contribution in [3.05, 3.63) is 83.4 Å². The van der Waals surface area contributed by atoms with Crippen molar-refractivity contribution in [1.82, 2.24) is 0 Å². The molecule has 2 N–H and O–H groups in total. The molecule has 1 aliphatic heterocycles. The number of hydrogen-bond acceptors (Lipinski definition) is 4. The highest BCUT2D eigenvalue weighted by molar-refractivity contribution is 6.30. The molecule has 7 nitrogen and oxygen atoms in total. The van der Waals surface area contributed by atoms with Crippen LogP contribution >= 0.6 is 11.6 Å². The van der Waals surface area contributed by atoms with Crippen LogP contribution in [0.3, 0.4) is 0 Å². The van der Waals surface area contributed by atoms with Crippen molar-refractivity contribution in [2.24, 2.45) is 5.92 Å². The molecule has 33 heavy (non-hydrogen) atoms. The Bertz CT molecular complexity index is 1180. The average molecular weight is 464 g/mol. The van der Waals surface area contributed by atoms with Crippen LogP contribution in [-0.4, -0.2) is 31.4 Å². The molecule has 4 rings (SSSR count). The van der Waals surface area contributed by atoms with E-state index in [1.165, 1.54) is 0 Å². The zero-order valence-electron chi connectivity index (χ0n) is 17.9. The van der Waals surface area contributed by atoms with Crippen molar-refractivity contribution in [2.45, 2.75) is 6.42 Å². The van der Waals surface area contributed by atoms with Gasteiger partial charge in [-0.3, -0.25) is 14.4 Å². The molecule has 0 radical (unpaired) electrons. The van der Waals surface area contributed by atoms with Crippen molar-refractivity contribution >= 4 is 46.4 Å². The summed E-state index contributed by atoms with van der Waals surface area (Å²) >= 11 is 5.92. The van der Waals surface area contributed by atoms with Gasteiger partial charge in [0.05, 0.1) is 24.3 Å². The van der Waals surface area contributed by atoms with Gasteiger partial charge in [-0.1, -0.05) is 23.7 Å². The molecule has 0 spiro atoms. The van der Waals surface area contributed by atoms with Crippen molar-refractivity contribution in [1.29, 1.82) is 0 Å². The number of nitrogens with one attached hydrogen (secondary N) is 2. The molecule has 1 heterocycles. The minimum Gasteiger partial charge on any atom is -0.497 e. The lowest BCUT2D eigenvalue weighted by molar-refractivity contribution is -0.122. The number of carbonyl (C=O) groups is 3. The maximum absolute atomic E-state index is 12.9. The molecule has 0 aliphatic carbocycles. The fraction of sp³-hybridized carbons (Fsp3) is 0.160. The van der Waals surface area contributed by atoms with E-state index in [9.17, 15) is 14.4 Å². The Labute approximate surface area is 196 Å². The average Bonchev–Trinajstić information content (AvgIpc) is 3.22. The molecule has 0 aromatic heterocycles. The maximum atomic E-state index is 12.9. The molecule has 1 saturated heterocycles. The van der Waals surface area contributed by atoms with Gasteiger partial charge in [-0.15, -0.1) is 0 Å². The molecule has 3 aromatic rings. The highest BCUT2D eigenvalue weighted by atomic mass is 35.5. The first kappa shape index (κ1) is 22.4. The van der Waals surface area contributed by atoms with E-state index in [2.05, 4.69) is 10.6 Å². The van der Waals surface area contributed by atoms with Crippen LogP contribution in [0.2, 0.25) is 5.02 Å². The SMILES string of the molecule is COc1ccc(NC(=O)c2ccccc2NC(=O)C2CC(=O)N(c3ccc(Cl)cc3)C2)cc1. The van der Waals surface area contributed by atoms with Crippen LogP contribution in [0, 0.1) is 5.92 Å². The molecule has 1 atom stereocenters. The van der Waals surface area contributed by atoms with Crippen LogP contribution in [0.25, 0.3) is 0 Å². The second-order valence-electron chi connectivity index (χ2n) is 7.60. The third kappa shape index (κ3) is 5.15. The van der Waals surface area contributed by atoms with Crippen molar-refractivity contribution in [3.8, 4) is 5.75 Å². The van der Waals surface area contributed by atoms with Gasteiger partial charge >= 0.3 is 0 Å². The van der Waals surface area contributed by atoms with E-state index < -0.39 is 5.92 Å². The largest absolute Gasteiger partial charge is 0.497 e. The standard InChI is InChI=1S/C25H22ClN3O4/c1-33-20-12-8-18(9-13-20)27-25(32)21-4-2-3-5-22(21)28-24(31)16-14-23(30)29(15-16)19-10-6-17(26)7-11-19/h2-13,16H,14-15H2,1H3,(H,27,32)(H,28,31). The third-order valence-electron chi connectivity index (χ3n) is 5.41. The quantitative estimate of drug-likeness (QED) is 0.559. The topological polar surface area (TPSA) is 87.7 Å². The summed E-state index contributed by atoms with van der Waals surface area (Å²) in [5, 5.41) is 6.21. The summed E-state index contributed by atoms with van der Waals surface area (Å²) in [7, 11) is 1.57. The number of halogens is 1. The minimum atomic E-state index is -0.536. The Morgan fingerprint density at radius 3 is 2.36 bits per heavy atom. The first-order chi connectivity index (χ1) is 15.9. The molecular weight excluding hydrogens is 442 g/mol. The predicted molar refractivity (Wildman–Crippen MR) is 128 cm³/mol. The summed E-state index contributed by atoms with van der Waals surface area (Å²) in [6.07, 6.45) is 0.0919. The normalized spacial score (nSPS) is 15.3. The predicted octanol–water partition coefficient (Wildman–Crippen LogP) is 4.59. The number of rotatable bonds is 6. The number of ether oxygens (including phenoxy) is 1. The summed E-state index contributed by atoms with van der Waals surface area (Å²) in [5.41, 5.74) is 1.99. The summed E-state index contributed by atoms with van der Waals surface area (Å²) in [5.74, 6) is -0.667. The number of anilines is 3. The first-order valence-corrected chi connectivity index (χ1v) is 10.7. The zero-order valence-corrected chi connectivity index (χ0v) is 18.6. The molecule has 1 aliphatic rings. The number of carbonyl (C=O) groups excluding carboxylic acids is 3. The molecule has 0 saturated carbocycles. The molecule has 1 unspecified atom stereocenters. The van der Waals surface area contributed by atoms with E-state index in [0.29, 0.717) is 33.4 Å². The van der Waals surface area contributed by atoms with E-state index in [-0.39, 0.29) is 30.7 Å². The van der Waals surface area contributed by atoms with Gasteiger partial charge in [0, 0.05) is 29.4 Å². The number of benzene rings is 3. The maximum Gasteiger partial charge on any atom is 0.257 e. The van der Waals surface area contributed by atoms with Gasteiger partial charge in [0.1, 0.15) is 5.75 Å². The van der Waals surface area contributed by atoms with E-state index in [1.54, 1.807) is 84.8 Å². The second-order valence-corrected chi connectivity index (χ2v) is 8.04. The Balaban J connectivity index is 1.45. The highest BCUT2D eigenvalue weighted by Gasteiger charge is 2.35. The van der Waals surface area contributed by atoms with Crippen LogP contribution in [0.1, 0.15) is 16.8 Å². The molecule has 1 fully saturated rings. The van der Waals surface area contributed by atoms with E-state index in [4.69, 9.17) is 16.3 Å². The molecule has 3 amide bonds. The van der Waals surface area contributed by atoms with E-state index in [0.717, 1.165) is 0 Å². The second kappa shape index (κ2) is 9.75. The third-order valence-corrected chi connectivity index (χ3v) is 5.66. The lowest BCUT2D eigenvalue weighted by Gasteiger charge is -2.17. The van der Waals surface area contributed by atoms with Gasteiger partial charge in [0.25, 0.3) is 5.91 Å². The number of hydrogen-bond donors (Lipinski definition) is 2. The van der Waals surface area contributed by atoms with Crippen LogP contribution < -0.4 is 20.3 Å². The van der Waals surface area contributed by atoms with Crippen molar-refractivity contribution < 1.29 is 19.1 Å². The van der Waals surface area contributed by atoms with Crippen molar-refractivity contribution in [3.63, 3.8) is 0 Å². The lowest BCUT2D eigenvalue weighted by atomic mass is 10.1. The molecule has 0 bridgehead atoms. The molecule has 3 aromatic carbocycles. The van der Waals surface area contributed by atoms with Crippen LogP contribution in [0.15, 0.2) is 72.8 Å². The molecule has 8 heteroatoms. The monoisotopic (exact) mass is 463 g/mol. The van der Waals surface area contributed by atoms with Crippen LogP contribution in [0.5, 0.6) is 5.75 Å². The van der Waals surface area contributed by atoms with E-state index >= 15 is 0 Å². The summed E-state index contributed by atoms with van der Waals surface area (Å²) in [4.78, 5) is 39.8. The van der Waals surface area contributed by atoms with Crippen molar-refractivity contribution in [2.75, 3.05) is 29.2 Å². The van der Waals surface area contributed by atoms with Gasteiger partial charge in [-0.2, -0.15) is 0 Å². The lowest BCUT2D eigenvalue weighted by Crippen LogP contribution is -2.28. The van der Waals surface area contributed by atoms with Gasteiger partial charge in [-0.25, -0.2) is 0 Å². The fourth-order valence-electron chi connectivity index (χ4n) is 3.65. The number of amides is 3. The van der Waals surface area contributed by atoms with Gasteiger partial charge < -0.3 is 20.3 Å².